The van der Waals surface area contributed by atoms with Crippen LogP contribution in [0.25, 0.3) is 0 Å². The topological polar surface area (TPSA) is 12.0 Å². The van der Waals surface area contributed by atoms with Gasteiger partial charge in [0.2, 0.25) is 0 Å². The van der Waals surface area contributed by atoms with Gasteiger partial charge >= 0.3 is 0 Å². The van der Waals surface area contributed by atoms with Crippen LogP contribution in [-0.4, -0.2) is 13.1 Å². The van der Waals surface area contributed by atoms with E-state index in [1.54, 1.807) is 12.1 Å². The molecule has 0 radical (unpaired) electrons. The zero-order valence-electron chi connectivity index (χ0n) is 13.1. The SMILES string of the molecule is CCCNCC1(c2cccc(F)c2)CC(CC)(CC)C1. The van der Waals surface area contributed by atoms with Crippen LogP contribution < -0.4 is 5.32 Å². The second-order valence-corrected chi connectivity index (χ2v) is 6.53. The molecule has 1 nitrogen and oxygen atoms in total. The summed E-state index contributed by atoms with van der Waals surface area (Å²) in [5, 5.41) is 3.56. The summed E-state index contributed by atoms with van der Waals surface area (Å²) in [4.78, 5) is 0. The Morgan fingerprint density at radius 1 is 1.15 bits per heavy atom. The molecule has 1 aromatic rings. The summed E-state index contributed by atoms with van der Waals surface area (Å²) < 4.78 is 13.6. The van der Waals surface area contributed by atoms with Gasteiger partial charge in [-0.15, -0.1) is 0 Å². The van der Waals surface area contributed by atoms with Gasteiger partial charge in [-0.2, -0.15) is 0 Å². The first kappa shape index (κ1) is 15.5. The van der Waals surface area contributed by atoms with Crippen LogP contribution in [0, 0.1) is 11.2 Å². The molecule has 0 heterocycles. The van der Waals surface area contributed by atoms with E-state index in [2.05, 4.69) is 32.2 Å². The van der Waals surface area contributed by atoms with Crippen molar-refractivity contribution in [3.63, 3.8) is 0 Å². The molecule has 2 heteroatoms. The van der Waals surface area contributed by atoms with Gasteiger partial charge in [0, 0.05) is 12.0 Å². The molecule has 1 N–H and O–H groups in total. The van der Waals surface area contributed by atoms with Crippen molar-refractivity contribution in [3.8, 4) is 0 Å². The first-order chi connectivity index (χ1) is 9.60. The molecule has 0 aromatic heterocycles. The van der Waals surface area contributed by atoms with Crippen molar-refractivity contribution in [1.82, 2.24) is 5.32 Å². The number of halogens is 1. The fourth-order valence-corrected chi connectivity index (χ4v) is 3.89. The molecular weight excluding hydrogens is 249 g/mol. The number of rotatable bonds is 7. The van der Waals surface area contributed by atoms with Crippen LogP contribution in [0.1, 0.15) is 58.4 Å². The quantitative estimate of drug-likeness (QED) is 0.715. The second-order valence-electron chi connectivity index (χ2n) is 6.53. The highest BCUT2D eigenvalue weighted by Gasteiger charge is 2.52. The third kappa shape index (κ3) is 2.90. The molecule has 1 fully saturated rings. The lowest BCUT2D eigenvalue weighted by atomic mass is 9.48. The molecule has 0 atom stereocenters. The summed E-state index contributed by atoms with van der Waals surface area (Å²) in [5.41, 5.74) is 1.79. The van der Waals surface area contributed by atoms with Gasteiger partial charge in [-0.25, -0.2) is 4.39 Å². The summed E-state index contributed by atoms with van der Waals surface area (Å²) in [6, 6.07) is 7.24. The molecule has 0 unspecified atom stereocenters. The largest absolute Gasteiger partial charge is 0.316 e. The van der Waals surface area contributed by atoms with Crippen LogP contribution >= 0.6 is 0 Å². The average Bonchev–Trinajstić information content (AvgIpc) is 2.42. The fraction of sp³-hybridized carbons (Fsp3) is 0.667. The highest BCUT2D eigenvalue weighted by atomic mass is 19.1. The van der Waals surface area contributed by atoms with E-state index < -0.39 is 0 Å². The van der Waals surface area contributed by atoms with Gasteiger partial charge < -0.3 is 5.32 Å². The van der Waals surface area contributed by atoms with Crippen molar-refractivity contribution in [2.24, 2.45) is 5.41 Å². The molecule has 2 rings (SSSR count). The molecule has 1 aromatic carbocycles. The maximum Gasteiger partial charge on any atom is 0.123 e. The van der Waals surface area contributed by atoms with Crippen LogP contribution in [0.3, 0.4) is 0 Å². The maximum atomic E-state index is 13.6. The number of hydrogen-bond acceptors (Lipinski definition) is 1. The van der Waals surface area contributed by atoms with Crippen molar-refractivity contribution in [2.75, 3.05) is 13.1 Å². The van der Waals surface area contributed by atoms with Crippen LogP contribution in [0.4, 0.5) is 4.39 Å². The Kier molecular flexibility index (Phi) is 4.85. The van der Waals surface area contributed by atoms with Gasteiger partial charge in [-0.1, -0.05) is 45.7 Å². The van der Waals surface area contributed by atoms with E-state index in [4.69, 9.17) is 0 Å². The van der Waals surface area contributed by atoms with Crippen molar-refractivity contribution < 1.29 is 4.39 Å². The fourth-order valence-electron chi connectivity index (χ4n) is 3.89. The normalized spacial score (nSPS) is 19.6. The van der Waals surface area contributed by atoms with Gasteiger partial charge in [-0.05, 0) is 48.9 Å². The zero-order valence-corrected chi connectivity index (χ0v) is 13.1. The lowest BCUT2D eigenvalue weighted by molar-refractivity contribution is 0.0128. The number of nitrogens with one attached hydrogen (secondary N) is 1. The van der Waals surface area contributed by atoms with E-state index in [9.17, 15) is 4.39 Å². The van der Waals surface area contributed by atoms with E-state index >= 15 is 0 Å². The van der Waals surface area contributed by atoms with Crippen LogP contribution in [0.5, 0.6) is 0 Å². The van der Waals surface area contributed by atoms with Crippen molar-refractivity contribution in [1.29, 1.82) is 0 Å². The molecule has 1 aliphatic rings. The minimum absolute atomic E-state index is 0.108. The highest BCUT2D eigenvalue weighted by Crippen LogP contribution is 2.59. The van der Waals surface area contributed by atoms with Gasteiger partial charge in [-0.3, -0.25) is 0 Å². The van der Waals surface area contributed by atoms with Crippen LogP contribution in [-0.2, 0) is 5.41 Å². The predicted octanol–water partition coefficient (Wildman–Crippen LogP) is 4.66. The molecule has 112 valence electrons. The van der Waals surface area contributed by atoms with Gasteiger partial charge in [0.05, 0.1) is 0 Å². The third-order valence-electron chi connectivity index (χ3n) is 5.25. The molecule has 0 aliphatic heterocycles. The number of hydrogen-bond donors (Lipinski definition) is 1. The summed E-state index contributed by atoms with van der Waals surface area (Å²) >= 11 is 0. The van der Waals surface area contributed by atoms with Crippen molar-refractivity contribution in [2.45, 2.75) is 58.3 Å². The average molecular weight is 277 g/mol. The second kappa shape index (κ2) is 6.26. The minimum Gasteiger partial charge on any atom is -0.316 e. The Balaban J connectivity index is 2.19. The van der Waals surface area contributed by atoms with E-state index in [1.165, 1.54) is 31.2 Å². The van der Waals surface area contributed by atoms with Crippen molar-refractivity contribution in [3.05, 3.63) is 35.6 Å². The first-order valence-corrected chi connectivity index (χ1v) is 8.06. The minimum atomic E-state index is -0.108. The molecule has 0 amide bonds. The first-order valence-electron chi connectivity index (χ1n) is 8.06. The Hall–Kier alpha value is -0.890. The summed E-state index contributed by atoms with van der Waals surface area (Å²) in [6.45, 7) is 8.79. The van der Waals surface area contributed by atoms with E-state index in [-0.39, 0.29) is 11.2 Å². The van der Waals surface area contributed by atoms with E-state index in [1.807, 2.05) is 6.07 Å². The lowest BCUT2D eigenvalue weighted by Gasteiger charge is -2.57. The van der Waals surface area contributed by atoms with Crippen molar-refractivity contribution >= 4 is 0 Å². The smallest absolute Gasteiger partial charge is 0.123 e. The summed E-state index contributed by atoms with van der Waals surface area (Å²) in [5.74, 6) is -0.108. The van der Waals surface area contributed by atoms with E-state index in [0.29, 0.717) is 5.41 Å². The zero-order chi connectivity index (χ0) is 14.6. The molecule has 20 heavy (non-hydrogen) atoms. The molecule has 1 saturated carbocycles. The van der Waals surface area contributed by atoms with Crippen LogP contribution in [0.15, 0.2) is 24.3 Å². The Labute approximate surface area is 123 Å². The van der Waals surface area contributed by atoms with Gasteiger partial charge in [0.15, 0.2) is 0 Å². The molecule has 0 bridgehead atoms. The maximum absolute atomic E-state index is 13.6. The van der Waals surface area contributed by atoms with E-state index in [0.717, 1.165) is 19.5 Å². The monoisotopic (exact) mass is 277 g/mol. The Morgan fingerprint density at radius 3 is 2.40 bits per heavy atom. The molecule has 1 aliphatic carbocycles. The Morgan fingerprint density at radius 2 is 1.85 bits per heavy atom. The highest BCUT2D eigenvalue weighted by molar-refractivity contribution is 5.32. The van der Waals surface area contributed by atoms with Gasteiger partial charge in [0.25, 0.3) is 0 Å². The lowest BCUT2D eigenvalue weighted by Crippen LogP contribution is -2.54. The molecule has 0 saturated heterocycles. The predicted molar refractivity (Wildman–Crippen MR) is 83.5 cm³/mol. The molecular formula is C18H28FN. The summed E-state index contributed by atoms with van der Waals surface area (Å²) in [6.07, 6.45) is 5.98. The summed E-state index contributed by atoms with van der Waals surface area (Å²) in [7, 11) is 0. The van der Waals surface area contributed by atoms with Crippen LogP contribution in [0.2, 0.25) is 0 Å². The Bertz CT molecular complexity index is 429. The van der Waals surface area contributed by atoms with Gasteiger partial charge in [0.1, 0.15) is 5.82 Å². The number of benzene rings is 1. The standard InChI is InChI=1S/C18H28FN/c1-4-10-20-14-18(12-17(5-2,6-3)13-18)15-8-7-9-16(19)11-15/h7-9,11,20H,4-6,10,12-14H2,1-3H3. The third-order valence-corrected chi connectivity index (χ3v) is 5.25. The molecule has 0 spiro atoms.